The molecule has 0 radical (unpaired) electrons. The first-order valence-electron chi connectivity index (χ1n) is 7.99. The van der Waals surface area contributed by atoms with E-state index in [1.165, 1.54) is 30.3 Å². The summed E-state index contributed by atoms with van der Waals surface area (Å²) in [6, 6.07) is 8.52. The van der Waals surface area contributed by atoms with E-state index in [9.17, 15) is 22.8 Å². The van der Waals surface area contributed by atoms with Crippen molar-refractivity contribution < 1.29 is 27.5 Å². The van der Waals surface area contributed by atoms with Gasteiger partial charge in [0.15, 0.2) is 18.2 Å². The third-order valence-electron chi connectivity index (χ3n) is 3.61. The van der Waals surface area contributed by atoms with E-state index in [4.69, 9.17) is 4.74 Å². The molecule has 1 N–H and O–H groups in total. The van der Waals surface area contributed by atoms with Crippen LogP contribution in [0.1, 0.15) is 15.4 Å². The quantitative estimate of drug-likeness (QED) is 0.641. The van der Waals surface area contributed by atoms with Crippen LogP contribution >= 0.6 is 11.3 Å². The number of nitrogens with one attached hydrogen (secondary N) is 1. The first-order chi connectivity index (χ1) is 13.3. The van der Waals surface area contributed by atoms with E-state index in [1.54, 1.807) is 6.92 Å². The Bertz CT molecular complexity index is 1040. The van der Waals surface area contributed by atoms with Crippen LogP contribution in [0.2, 0.25) is 0 Å². The normalized spacial score (nSPS) is 10.6. The lowest BCUT2D eigenvalue weighted by Gasteiger charge is -2.06. The highest BCUT2D eigenvalue weighted by atomic mass is 32.1. The number of carbonyl (C=O) groups is 2. The number of hydrogen-bond acceptors (Lipinski definition) is 5. The predicted octanol–water partition coefficient (Wildman–Crippen LogP) is 4.33. The van der Waals surface area contributed by atoms with E-state index in [2.05, 4.69) is 10.3 Å². The second kappa shape index (κ2) is 8.22. The van der Waals surface area contributed by atoms with Crippen molar-refractivity contribution in [1.29, 1.82) is 0 Å². The van der Waals surface area contributed by atoms with Crippen LogP contribution < -0.4 is 5.32 Å². The Hall–Kier alpha value is -3.20. The maximum atomic E-state index is 13.1. The summed E-state index contributed by atoms with van der Waals surface area (Å²) in [7, 11) is 0. The fourth-order valence-corrected chi connectivity index (χ4v) is 3.23. The highest BCUT2D eigenvalue weighted by Gasteiger charge is 2.19. The molecule has 144 valence electrons. The molecular formula is C19H13F3N2O3S. The zero-order valence-corrected chi connectivity index (χ0v) is 15.3. The van der Waals surface area contributed by atoms with Gasteiger partial charge in [0.1, 0.15) is 15.7 Å². The topological polar surface area (TPSA) is 68.3 Å². The number of esters is 1. The first kappa shape index (κ1) is 19.6. The smallest absolute Gasteiger partial charge is 0.350 e. The number of ether oxygens (including phenoxy) is 1. The number of carbonyl (C=O) groups excluding carboxylic acids is 2. The minimum absolute atomic E-state index is 0.0347. The zero-order valence-electron chi connectivity index (χ0n) is 14.5. The van der Waals surface area contributed by atoms with E-state index in [0.29, 0.717) is 16.3 Å². The van der Waals surface area contributed by atoms with Gasteiger partial charge in [0.25, 0.3) is 5.91 Å². The molecule has 0 unspecified atom stereocenters. The monoisotopic (exact) mass is 406 g/mol. The summed E-state index contributed by atoms with van der Waals surface area (Å²) >= 11 is 1.05. The molecule has 0 aliphatic heterocycles. The third-order valence-corrected chi connectivity index (χ3v) is 4.80. The van der Waals surface area contributed by atoms with E-state index in [-0.39, 0.29) is 16.4 Å². The van der Waals surface area contributed by atoms with Crippen LogP contribution in [-0.2, 0) is 9.53 Å². The van der Waals surface area contributed by atoms with Gasteiger partial charge in [-0.15, -0.1) is 11.3 Å². The third kappa shape index (κ3) is 4.55. The molecular weight excluding hydrogens is 393 g/mol. The molecule has 0 saturated heterocycles. The second-order valence-corrected chi connectivity index (χ2v) is 6.69. The van der Waals surface area contributed by atoms with Crippen molar-refractivity contribution in [3.63, 3.8) is 0 Å². The molecule has 3 rings (SSSR count). The molecule has 1 amide bonds. The molecule has 5 nitrogen and oxygen atoms in total. The predicted molar refractivity (Wildman–Crippen MR) is 97.5 cm³/mol. The van der Waals surface area contributed by atoms with Gasteiger partial charge in [-0.3, -0.25) is 4.79 Å². The molecule has 0 fully saturated rings. The fourth-order valence-electron chi connectivity index (χ4n) is 2.27. The Morgan fingerprint density at radius 3 is 2.46 bits per heavy atom. The molecule has 0 atom stereocenters. The number of benzene rings is 2. The van der Waals surface area contributed by atoms with Gasteiger partial charge in [0, 0.05) is 17.3 Å². The van der Waals surface area contributed by atoms with Gasteiger partial charge in [-0.1, -0.05) is 0 Å². The van der Waals surface area contributed by atoms with Crippen LogP contribution in [0.3, 0.4) is 0 Å². The van der Waals surface area contributed by atoms with Crippen molar-refractivity contribution in [2.45, 2.75) is 6.92 Å². The van der Waals surface area contributed by atoms with E-state index < -0.39 is 30.1 Å². The fraction of sp³-hybridized carbons (Fsp3) is 0.105. The molecule has 1 heterocycles. The Morgan fingerprint density at radius 2 is 1.79 bits per heavy atom. The summed E-state index contributed by atoms with van der Waals surface area (Å²) in [6.45, 7) is 1.00. The molecule has 0 spiro atoms. The van der Waals surface area contributed by atoms with Gasteiger partial charge < -0.3 is 10.1 Å². The summed E-state index contributed by atoms with van der Waals surface area (Å²) in [6.07, 6.45) is 0. The van der Waals surface area contributed by atoms with E-state index >= 15 is 0 Å². The van der Waals surface area contributed by atoms with Gasteiger partial charge in [0.05, 0.1) is 5.69 Å². The highest BCUT2D eigenvalue weighted by Crippen LogP contribution is 2.28. The van der Waals surface area contributed by atoms with Crippen molar-refractivity contribution in [2.24, 2.45) is 0 Å². The highest BCUT2D eigenvalue weighted by molar-refractivity contribution is 7.17. The van der Waals surface area contributed by atoms with Gasteiger partial charge >= 0.3 is 5.97 Å². The number of rotatable bonds is 5. The van der Waals surface area contributed by atoms with Crippen molar-refractivity contribution in [3.05, 3.63) is 70.5 Å². The van der Waals surface area contributed by atoms with E-state index in [0.717, 1.165) is 23.5 Å². The molecule has 1 aromatic heterocycles. The Morgan fingerprint density at radius 1 is 1.07 bits per heavy atom. The van der Waals surface area contributed by atoms with Crippen LogP contribution in [0.4, 0.5) is 18.9 Å². The lowest BCUT2D eigenvalue weighted by atomic mass is 10.2. The zero-order chi connectivity index (χ0) is 20.3. The van der Waals surface area contributed by atoms with Gasteiger partial charge in [-0.05, 0) is 43.3 Å². The molecule has 0 aliphatic rings. The van der Waals surface area contributed by atoms with E-state index in [1.807, 2.05) is 0 Å². The lowest BCUT2D eigenvalue weighted by Crippen LogP contribution is -2.21. The Labute approximate surface area is 161 Å². The van der Waals surface area contributed by atoms with Crippen LogP contribution in [0, 0.1) is 24.4 Å². The maximum Gasteiger partial charge on any atom is 0.350 e. The number of amides is 1. The molecule has 0 saturated carbocycles. The van der Waals surface area contributed by atoms with Crippen LogP contribution in [-0.4, -0.2) is 23.5 Å². The summed E-state index contributed by atoms with van der Waals surface area (Å²) in [5, 5.41) is 2.81. The summed E-state index contributed by atoms with van der Waals surface area (Å²) in [5.74, 6) is -3.99. The second-order valence-electron chi connectivity index (χ2n) is 5.69. The van der Waals surface area contributed by atoms with Crippen LogP contribution in [0.5, 0.6) is 0 Å². The number of hydrogen-bond donors (Lipinski definition) is 1. The molecule has 2 aromatic carbocycles. The average molecular weight is 406 g/mol. The maximum absolute atomic E-state index is 13.1. The number of nitrogens with zero attached hydrogens (tertiary/aromatic N) is 1. The first-order valence-corrected chi connectivity index (χ1v) is 8.80. The summed E-state index contributed by atoms with van der Waals surface area (Å²) in [4.78, 5) is 28.5. The van der Waals surface area contributed by atoms with Crippen molar-refractivity contribution >= 4 is 28.9 Å². The van der Waals surface area contributed by atoms with Crippen molar-refractivity contribution in [1.82, 2.24) is 4.98 Å². The number of thiazole rings is 1. The van der Waals surface area contributed by atoms with Gasteiger partial charge in [-0.25, -0.2) is 22.9 Å². The SMILES string of the molecule is Cc1nc(-c2ccc(F)cc2)sc1C(=O)OCC(=O)Nc1ccc(F)c(F)c1. The average Bonchev–Trinajstić information content (AvgIpc) is 3.05. The minimum Gasteiger partial charge on any atom is -0.451 e. The number of aromatic nitrogens is 1. The summed E-state index contributed by atoms with van der Waals surface area (Å²) in [5.41, 5.74) is 1.09. The van der Waals surface area contributed by atoms with Crippen molar-refractivity contribution in [2.75, 3.05) is 11.9 Å². The number of anilines is 1. The van der Waals surface area contributed by atoms with Crippen LogP contribution in [0.25, 0.3) is 10.6 Å². The molecule has 0 bridgehead atoms. The summed E-state index contributed by atoms with van der Waals surface area (Å²) < 4.78 is 44.0. The minimum atomic E-state index is -1.11. The molecule has 9 heteroatoms. The molecule has 28 heavy (non-hydrogen) atoms. The molecule has 3 aromatic rings. The standard InChI is InChI=1S/C19H13F3N2O3S/c1-10-17(28-18(23-10)11-2-4-12(20)5-3-11)19(26)27-9-16(25)24-13-6-7-14(21)15(22)8-13/h2-8H,9H2,1H3,(H,24,25). The number of halogens is 3. The molecule has 0 aliphatic carbocycles. The lowest BCUT2D eigenvalue weighted by molar-refractivity contribution is -0.119. The Kier molecular flexibility index (Phi) is 5.74. The van der Waals surface area contributed by atoms with Gasteiger partial charge in [0.2, 0.25) is 0 Å². The Balaban J connectivity index is 1.62. The largest absolute Gasteiger partial charge is 0.451 e. The number of aryl methyl sites for hydroxylation is 1. The van der Waals surface area contributed by atoms with Crippen LogP contribution in [0.15, 0.2) is 42.5 Å². The van der Waals surface area contributed by atoms with Gasteiger partial charge in [-0.2, -0.15) is 0 Å². The van der Waals surface area contributed by atoms with Crippen molar-refractivity contribution in [3.8, 4) is 10.6 Å².